The van der Waals surface area contributed by atoms with Crippen LogP contribution in [0.15, 0.2) is 34.9 Å². The van der Waals surface area contributed by atoms with E-state index in [2.05, 4.69) is 9.97 Å². The minimum atomic E-state index is 0.163. The molecule has 3 aromatic rings. The second-order valence-corrected chi connectivity index (χ2v) is 3.70. The Morgan fingerprint density at radius 2 is 2.24 bits per heavy atom. The van der Waals surface area contributed by atoms with Gasteiger partial charge in [-0.1, -0.05) is 0 Å². The second-order valence-electron chi connectivity index (χ2n) is 3.70. The maximum absolute atomic E-state index is 5.44. The number of nitrogens with one attached hydrogen (secondary N) is 1. The van der Waals surface area contributed by atoms with Gasteiger partial charge < -0.3 is 19.9 Å². The summed E-state index contributed by atoms with van der Waals surface area (Å²) in [6.45, 7) is 0. The van der Waals surface area contributed by atoms with Crippen molar-refractivity contribution in [3.8, 4) is 17.2 Å². The molecule has 0 spiro atoms. The number of benzene rings is 1. The standard InChI is InChI=1S/C12H11N3O2/c1-16-8-3-2-7-4-10(15-9(7)5-8)11-6-14-12(13)17-11/h2-6,15H,1H3,(H2,13,14). The lowest BCUT2D eigenvalue weighted by molar-refractivity contribution is 0.415. The van der Waals surface area contributed by atoms with Crippen LogP contribution in [-0.4, -0.2) is 17.1 Å². The van der Waals surface area contributed by atoms with Crippen LogP contribution in [0.5, 0.6) is 5.75 Å². The van der Waals surface area contributed by atoms with Crippen molar-refractivity contribution in [1.29, 1.82) is 0 Å². The molecule has 3 rings (SSSR count). The summed E-state index contributed by atoms with van der Waals surface area (Å²) >= 11 is 0. The van der Waals surface area contributed by atoms with E-state index in [0.29, 0.717) is 5.76 Å². The lowest BCUT2D eigenvalue weighted by atomic mass is 10.2. The third-order valence-electron chi connectivity index (χ3n) is 2.62. The van der Waals surface area contributed by atoms with Crippen LogP contribution < -0.4 is 10.5 Å². The first-order chi connectivity index (χ1) is 8.26. The molecule has 1 aromatic carbocycles. The van der Waals surface area contributed by atoms with E-state index >= 15 is 0 Å². The van der Waals surface area contributed by atoms with Crippen LogP contribution in [0.1, 0.15) is 0 Å². The van der Waals surface area contributed by atoms with Gasteiger partial charge in [-0.2, -0.15) is 0 Å². The van der Waals surface area contributed by atoms with E-state index in [1.807, 2.05) is 24.3 Å². The normalized spacial score (nSPS) is 10.9. The third kappa shape index (κ3) is 1.61. The molecule has 86 valence electrons. The Morgan fingerprint density at radius 3 is 2.94 bits per heavy atom. The van der Waals surface area contributed by atoms with Gasteiger partial charge in [-0.25, -0.2) is 4.98 Å². The van der Waals surface area contributed by atoms with Crippen molar-refractivity contribution >= 4 is 16.9 Å². The fourth-order valence-corrected chi connectivity index (χ4v) is 1.78. The predicted molar refractivity (Wildman–Crippen MR) is 64.8 cm³/mol. The Balaban J connectivity index is 2.13. The number of ether oxygens (including phenoxy) is 1. The molecule has 0 saturated carbocycles. The number of H-pyrrole nitrogens is 1. The molecule has 5 nitrogen and oxygen atoms in total. The monoisotopic (exact) mass is 229 g/mol. The number of aromatic nitrogens is 2. The van der Waals surface area contributed by atoms with Gasteiger partial charge in [-0.05, 0) is 18.2 Å². The Labute approximate surface area is 97.2 Å². The van der Waals surface area contributed by atoms with Gasteiger partial charge in [0.15, 0.2) is 5.76 Å². The number of rotatable bonds is 2. The van der Waals surface area contributed by atoms with E-state index in [4.69, 9.17) is 14.9 Å². The summed E-state index contributed by atoms with van der Waals surface area (Å²) in [5.74, 6) is 1.43. The number of methoxy groups -OCH3 is 1. The van der Waals surface area contributed by atoms with E-state index in [0.717, 1.165) is 22.3 Å². The van der Waals surface area contributed by atoms with E-state index in [1.54, 1.807) is 13.3 Å². The van der Waals surface area contributed by atoms with Crippen molar-refractivity contribution in [1.82, 2.24) is 9.97 Å². The molecule has 2 aromatic heterocycles. The van der Waals surface area contributed by atoms with Crippen LogP contribution in [-0.2, 0) is 0 Å². The summed E-state index contributed by atoms with van der Waals surface area (Å²) < 4.78 is 10.4. The minimum Gasteiger partial charge on any atom is -0.497 e. The zero-order valence-electron chi connectivity index (χ0n) is 9.23. The molecule has 2 heterocycles. The largest absolute Gasteiger partial charge is 0.497 e. The van der Waals surface area contributed by atoms with E-state index in [1.165, 1.54) is 0 Å². The molecule has 0 atom stereocenters. The molecule has 0 aliphatic rings. The number of nitrogens with two attached hydrogens (primary N) is 1. The minimum absolute atomic E-state index is 0.163. The summed E-state index contributed by atoms with van der Waals surface area (Å²) in [5, 5.41) is 1.08. The number of fused-ring (bicyclic) bond motifs is 1. The van der Waals surface area contributed by atoms with Gasteiger partial charge in [0.05, 0.1) is 19.0 Å². The molecule has 0 fully saturated rings. The van der Waals surface area contributed by atoms with Crippen LogP contribution >= 0.6 is 0 Å². The Bertz CT molecular complexity index is 669. The number of anilines is 1. The molecule has 17 heavy (non-hydrogen) atoms. The topological polar surface area (TPSA) is 77.1 Å². The summed E-state index contributed by atoms with van der Waals surface area (Å²) in [6, 6.07) is 7.96. The van der Waals surface area contributed by atoms with Crippen molar-refractivity contribution in [2.75, 3.05) is 12.8 Å². The van der Waals surface area contributed by atoms with Gasteiger partial charge in [-0.3, -0.25) is 0 Å². The summed E-state index contributed by atoms with van der Waals surface area (Å²) in [4.78, 5) is 7.09. The summed E-state index contributed by atoms with van der Waals surface area (Å²) in [6.07, 6.45) is 1.59. The molecule has 0 amide bonds. The summed E-state index contributed by atoms with van der Waals surface area (Å²) in [7, 11) is 1.64. The van der Waals surface area contributed by atoms with E-state index in [9.17, 15) is 0 Å². The van der Waals surface area contributed by atoms with Crippen molar-refractivity contribution in [3.63, 3.8) is 0 Å². The van der Waals surface area contributed by atoms with Crippen LogP contribution in [0.3, 0.4) is 0 Å². The number of aromatic amines is 1. The van der Waals surface area contributed by atoms with Gasteiger partial charge in [-0.15, -0.1) is 0 Å². The van der Waals surface area contributed by atoms with Crippen LogP contribution in [0, 0.1) is 0 Å². The first-order valence-corrected chi connectivity index (χ1v) is 5.15. The lowest BCUT2D eigenvalue weighted by Crippen LogP contribution is -1.81. The molecular formula is C12H11N3O2. The second kappa shape index (κ2) is 3.55. The number of nitrogen functional groups attached to an aromatic ring is 1. The number of hydrogen-bond acceptors (Lipinski definition) is 4. The molecule has 3 N–H and O–H groups in total. The fraction of sp³-hybridized carbons (Fsp3) is 0.0833. The Kier molecular flexibility index (Phi) is 2.04. The maximum atomic E-state index is 5.44. The number of oxazole rings is 1. The predicted octanol–water partition coefficient (Wildman–Crippen LogP) is 2.41. The molecule has 0 unspecified atom stereocenters. The quantitative estimate of drug-likeness (QED) is 0.707. The highest BCUT2D eigenvalue weighted by Gasteiger charge is 2.08. The van der Waals surface area contributed by atoms with Crippen molar-refractivity contribution in [2.45, 2.75) is 0 Å². The number of hydrogen-bond donors (Lipinski definition) is 2. The van der Waals surface area contributed by atoms with Crippen molar-refractivity contribution in [3.05, 3.63) is 30.5 Å². The summed E-state index contributed by atoms with van der Waals surface area (Å²) in [5.41, 5.74) is 7.27. The Morgan fingerprint density at radius 1 is 1.35 bits per heavy atom. The van der Waals surface area contributed by atoms with E-state index in [-0.39, 0.29) is 6.01 Å². The molecule has 0 saturated heterocycles. The zero-order valence-corrected chi connectivity index (χ0v) is 9.23. The fourth-order valence-electron chi connectivity index (χ4n) is 1.78. The maximum Gasteiger partial charge on any atom is 0.292 e. The van der Waals surface area contributed by atoms with E-state index < -0.39 is 0 Å². The van der Waals surface area contributed by atoms with Crippen molar-refractivity contribution in [2.24, 2.45) is 0 Å². The smallest absolute Gasteiger partial charge is 0.292 e. The molecule has 0 aliphatic carbocycles. The van der Waals surface area contributed by atoms with Crippen LogP contribution in [0.25, 0.3) is 22.4 Å². The molecular weight excluding hydrogens is 218 g/mol. The van der Waals surface area contributed by atoms with Gasteiger partial charge in [0, 0.05) is 17.0 Å². The lowest BCUT2D eigenvalue weighted by Gasteiger charge is -1.97. The first kappa shape index (κ1) is 9.77. The molecule has 5 heteroatoms. The highest BCUT2D eigenvalue weighted by Crippen LogP contribution is 2.27. The zero-order chi connectivity index (χ0) is 11.8. The average Bonchev–Trinajstić information content (AvgIpc) is 2.93. The SMILES string of the molecule is COc1ccc2cc(-c3cnc(N)o3)[nH]c2c1. The third-order valence-corrected chi connectivity index (χ3v) is 2.62. The molecule has 0 radical (unpaired) electrons. The highest BCUT2D eigenvalue weighted by atomic mass is 16.5. The van der Waals surface area contributed by atoms with Gasteiger partial charge in [0.25, 0.3) is 6.01 Å². The van der Waals surface area contributed by atoms with Crippen molar-refractivity contribution < 1.29 is 9.15 Å². The molecule has 0 bridgehead atoms. The highest BCUT2D eigenvalue weighted by molar-refractivity contribution is 5.86. The van der Waals surface area contributed by atoms with Gasteiger partial charge >= 0.3 is 0 Å². The molecule has 0 aliphatic heterocycles. The number of nitrogens with zero attached hydrogens (tertiary/aromatic N) is 1. The van der Waals surface area contributed by atoms with Gasteiger partial charge in [0.1, 0.15) is 5.75 Å². The Hall–Kier alpha value is -2.43. The average molecular weight is 229 g/mol. The van der Waals surface area contributed by atoms with Crippen LogP contribution in [0.4, 0.5) is 6.01 Å². The first-order valence-electron chi connectivity index (χ1n) is 5.15. The van der Waals surface area contributed by atoms with Gasteiger partial charge in [0.2, 0.25) is 0 Å². The van der Waals surface area contributed by atoms with Crippen LogP contribution in [0.2, 0.25) is 0 Å².